The van der Waals surface area contributed by atoms with Crippen molar-refractivity contribution >= 4 is 34.4 Å². The monoisotopic (exact) mass is 298 g/mol. The summed E-state index contributed by atoms with van der Waals surface area (Å²) in [6, 6.07) is 2.72. The fourth-order valence-corrected chi connectivity index (χ4v) is 2.41. The summed E-state index contributed by atoms with van der Waals surface area (Å²) in [4.78, 5) is 19.7. The highest BCUT2D eigenvalue weighted by atomic mass is 35.5. The summed E-state index contributed by atoms with van der Waals surface area (Å²) in [6.07, 6.45) is 2.73. The Balaban J connectivity index is 2.14. The Morgan fingerprint density at radius 2 is 2.32 bits per heavy atom. The molecule has 2 heterocycles. The quantitative estimate of drug-likeness (QED) is 0.520. The van der Waals surface area contributed by atoms with E-state index in [-0.39, 0.29) is 16.7 Å². The summed E-state index contributed by atoms with van der Waals surface area (Å²) in [6.45, 7) is 2.44. The topological polar surface area (TPSA) is 81.0 Å². The number of nitrogens with zero attached hydrogens (tertiary/aromatic N) is 3. The number of aryl methyl sites for hydroxylation is 1. The Hall–Kier alpha value is -1.73. The molecular formula is C11H11ClN4O2S. The third-order valence-electron chi connectivity index (χ3n) is 2.39. The Kier molecular flexibility index (Phi) is 4.28. The molecule has 0 spiro atoms. The van der Waals surface area contributed by atoms with Gasteiger partial charge in [0.2, 0.25) is 5.82 Å². The Bertz CT molecular complexity index is 602. The zero-order valence-corrected chi connectivity index (χ0v) is 11.7. The van der Waals surface area contributed by atoms with Crippen LogP contribution in [-0.2, 0) is 13.0 Å². The van der Waals surface area contributed by atoms with Crippen LogP contribution in [0.15, 0.2) is 18.3 Å². The standard InChI is InChI=1S/C11H11ClN4O2S/c1-2-7-5-13-10(19-7)6-14-11-8(16(17)18)3-4-9(12)15-11/h3-5H,2,6H2,1H3,(H,14,15). The lowest BCUT2D eigenvalue weighted by atomic mass is 10.4. The van der Waals surface area contributed by atoms with Crippen LogP contribution in [0.2, 0.25) is 5.15 Å². The van der Waals surface area contributed by atoms with Crippen LogP contribution >= 0.6 is 22.9 Å². The second kappa shape index (κ2) is 5.94. The second-order valence-corrected chi connectivity index (χ2v) is 5.27. The van der Waals surface area contributed by atoms with Crippen molar-refractivity contribution in [3.8, 4) is 0 Å². The van der Waals surface area contributed by atoms with Gasteiger partial charge in [-0.1, -0.05) is 18.5 Å². The molecule has 0 saturated carbocycles. The lowest BCUT2D eigenvalue weighted by molar-refractivity contribution is -0.384. The minimum atomic E-state index is -0.495. The van der Waals surface area contributed by atoms with Crippen molar-refractivity contribution in [1.29, 1.82) is 0 Å². The third kappa shape index (κ3) is 3.39. The molecule has 0 fully saturated rings. The highest BCUT2D eigenvalue weighted by molar-refractivity contribution is 7.11. The van der Waals surface area contributed by atoms with Crippen LogP contribution in [-0.4, -0.2) is 14.9 Å². The summed E-state index contributed by atoms with van der Waals surface area (Å²) in [5.74, 6) is 0.158. The molecule has 2 rings (SSSR count). The highest BCUT2D eigenvalue weighted by Gasteiger charge is 2.15. The van der Waals surface area contributed by atoms with E-state index in [0.29, 0.717) is 6.54 Å². The number of rotatable bonds is 5. The molecule has 8 heteroatoms. The molecule has 0 aliphatic heterocycles. The zero-order chi connectivity index (χ0) is 13.8. The Morgan fingerprint density at radius 3 is 2.95 bits per heavy atom. The van der Waals surface area contributed by atoms with Gasteiger partial charge in [0.05, 0.1) is 11.5 Å². The van der Waals surface area contributed by atoms with E-state index >= 15 is 0 Å². The first-order valence-corrected chi connectivity index (χ1v) is 6.78. The molecule has 0 atom stereocenters. The van der Waals surface area contributed by atoms with Crippen LogP contribution < -0.4 is 5.32 Å². The van der Waals surface area contributed by atoms with Crippen LogP contribution in [0.1, 0.15) is 16.8 Å². The van der Waals surface area contributed by atoms with Crippen LogP contribution in [0.4, 0.5) is 11.5 Å². The summed E-state index contributed by atoms with van der Waals surface area (Å²) in [7, 11) is 0. The Labute approximate surface area is 118 Å². The number of nitrogens with one attached hydrogen (secondary N) is 1. The van der Waals surface area contributed by atoms with Crippen molar-refractivity contribution in [3.05, 3.63) is 43.5 Å². The minimum absolute atomic E-state index is 0.100. The van der Waals surface area contributed by atoms with Crippen molar-refractivity contribution in [3.63, 3.8) is 0 Å². The molecule has 0 aliphatic rings. The molecule has 19 heavy (non-hydrogen) atoms. The van der Waals surface area contributed by atoms with Crippen LogP contribution in [0.5, 0.6) is 0 Å². The van der Waals surface area contributed by atoms with Gasteiger partial charge in [-0.25, -0.2) is 9.97 Å². The van der Waals surface area contributed by atoms with Gasteiger partial charge in [0, 0.05) is 17.1 Å². The average molecular weight is 299 g/mol. The predicted octanol–water partition coefficient (Wildman–Crippen LogP) is 3.27. The molecule has 0 aliphatic carbocycles. The average Bonchev–Trinajstić information content (AvgIpc) is 2.84. The van der Waals surface area contributed by atoms with E-state index in [1.165, 1.54) is 17.0 Å². The fourth-order valence-electron chi connectivity index (χ4n) is 1.46. The van der Waals surface area contributed by atoms with Crippen molar-refractivity contribution in [2.75, 3.05) is 5.32 Å². The third-order valence-corrected chi connectivity index (χ3v) is 3.75. The van der Waals surface area contributed by atoms with E-state index in [1.54, 1.807) is 11.3 Å². The number of aromatic nitrogens is 2. The molecule has 0 radical (unpaired) electrons. The highest BCUT2D eigenvalue weighted by Crippen LogP contribution is 2.25. The van der Waals surface area contributed by atoms with E-state index in [0.717, 1.165) is 11.4 Å². The van der Waals surface area contributed by atoms with E-state index in [9.17, 15) is 10.1 Å². The normalized spacial score (nSPS) is 10.4. The lowest BCUT2D eigenvalue weighted by Gasteiger charge is -2.04. The van der Waals surface area contributed by atoms with Gasteiger partial charge in [-0.2, -0.15) is 0 Å². The summed E-state index contributed by atoms with van der Waals surface area (Å²) in [5, 5.41) is 14.8. The first-order chi connectivity index (χ1) is 9.10. The van der Waals surface area contributed by atoms with E-state index in [2.05, 4.69) is 15.3 Å². The fraction of sp³-hybridized carbons (Fsp3) is 0.273. The predicted molar refractivity (Wildman–Crippen MR) is 74.7 cm³/mol. The van der Waals surface area contributed by atoms with Crippen molar-refractivity contribution in [2.45, 2.75) is 19.9 Å². The molecule has 0 amide bonds. The van der Waals surface area contributed by atoms with Crippen molar-refractivity contribution < 1.29 is 4.92 Å². The molecule has 0 saturated heterocycles. The number of anilines is 1. The van der Waals surface area contributed by atoms with E-state index in [1.807, 2.05) is 13.1 Å². The van der Waals surface area contributed by atoms with Gasteiger partial charge >= 0.3 is 5.69 Å². The van der Waals surface area contributed by atoms with Crippen LogP contribution in [0.3, 0.4) is 0 Å². The number of nitro groups is 1. The maximum atomic E-state index is 10.9. The largest absolute Gasteiger partial charge is 0.358 e. The van der Waals surface area contributed by atoms with Gasteiger partial charge in [0.25, 0.3) is 0 Å². The zero-order valence-electron chi connectivity index (χ0n) is 10.1. The Morgan fingerprint density at radius 1 is 1.53 bits per heavy atom. The van der Waals surface area contributed by atoms with Crippen molar-refractivity contribution in [1.82, 2.24) is 9.97 Å². The van der Waals surface area contributed by atoms with Gasteiger partial charge in [0.1, 0.15) is 10.2 Å². The number of hydrogen-bond acceptors (Lipinski definition) is 6. The number of halogens is 1. The molecule has 0 bridgehead atoms. The summed E-state index contributed by atoms with van der Waals surface area (Å²) in [5.41, 5.74) is -0.100. The smallest absolute Gasteiger partial charge is 0.311 e. The van der Waals surface area contributed by atoms with Crippen LogP contribution in [0, 0.1) is 10.1 Å². The maximum absolute atomic E-state index is 10.9. The molecule has 2 aromatic rings. The minimum Gasteiger partial charge on any atom is -0.358 e. The molecule has 6 nitrogen and oxygen atoms in total. The molecule has 100 valence electrons. The SMILES string of the molecule is CCc1cnc(CNc2nc(Cl)ccc2[N+](=O)[O-])s1. The molecule has 0 aromatic carbocycles. The first-order valence-electron chi connectivity index (χ1n) is 5.58. The number of hydrogen-bond donors (Lipinski definition) is 1. The molecule has 2 aromatic heterocycles. The first kappa shape index (κ1) is 13.7. The lowest BCUT2D eigenvalue weighted by Crippen LogP contribution is -2.04. The van der Waals surface area contributed by atoms with Gasteiger partial charge < -0.3 is 5.32 Å². The number of thiazole rings is 1. The molecular weight excluding hydrogens is 288 g/mol. The maximum Gasteiger partial charge on any atom is 0.311 e. The van der Waals surface area contributed by atoms with Gasteiger partial charge in [-0.3, -0.25) is 10.1 Å². The summed E-state index contributed by atoms with van der Waals surface area (Å²) < 4.78 is 0. The van der Waals surface area contributed by atoms with Gasteiger partial charge in [-0.05, 0) is 12.5 Å². The molecule has 0 unspecified atom stereocenters. The van der Waals surface area contributed by atoms with E-state index in [4.69, 9.17) is 11.6 Å². The van der Waals surface area contributed by atoms with Crippen molar-refractivity contribution in [2.24, 2.45) is 0 Å². The van der Waals surface area contributed by atoms with Gasteiger partial charge in [0.15, 0.2) is 0 Å². The van der Waals surface area contributed by atoms with Crippen LogP contribution in [0.25, 0.3) is 0 Å². The summed E-state index contributed by atoms with van der Waals surface area (Å²) >= 11 is 7.31. The molecule has 1 N–H and O–H groups in total. The second-order valence-electron chi connectivity index (χ2n) is 3.69. The number of pyridine rings is 1. The van der Waals surface area contributed by atoms with Gasteiger partial charge in [-0.15, -0.1) is 11.3 Å². The van der Waals surface area contributed by atoms with E-state index < -0.39 is 4.92 Å².